The number of nitrogen functional groups attached to an aromatic ring is 1. The maximum atomic E-state index is 10.7. The molecule has 1 aliphatic heterocycles. The summed E-state index contributed by atoms with van der Waals surface area (Å²) in [5.41, 5.74) is 7.46. The predicted molar refractivity (Wildman–Crippen MR) is 66.6 cm³/mol. The standard InChI is InChI=1S/C12H17N3O2/c1-9-3-2-6-14(9)8-10-7-11(15(16)17)4-5-12(10)13/h4-5,7,9H,2-3,6,8,13H2,1H3. The minimum atomic E-state index is -0.379. The van der Waals surface area contributed by atoms with Crippen molar-refractivity contribution < 1.29 is 4.92 Å². The van der Waals surface area contributed by atoms with Crippen molar-refractivity contribution in [1.29, 1.82) is 0 Å². The number of hydrogen-bond donors (Lipinski definition) is 1. The Bertz CT molecular complexity index is 434. The lowest BCUT2D eigenvalue weighted by molar-refractivity contribution is -0.384. The van der Waals surface area contributed by atoms with E-state index >= 15 is 0 Å². The molecule has 17 heavy (non-hydrogen) atoms. The van der Waals surface area contributed by atoms with Gasteiger partial charge >= 0.3 is 0 Å². The number of nitro benzene ring substituents is 1. The van der Waals surface area contributed by atoms with Gasteiger partial charge in [0.2, 0.25) is 0 Å². The van der Waals surface area contributed by atoms with Gasteiger partial charge in [-0.05, 0) is 37.9 Å². The van der Waals surface area contributed by atoms with Crippen molar-refractivity contribution in [3.8, 4) is 0 Å². The molecule has 5 nitrogen and oxygen atoms in total. The molecule has 2 N–H and O–H groups in total. The Morgan fingerprint density at radius 1 is 1.59 bits per heavy atom. The molecule has 2 rings (SSSR count). The van der Waals surface area contributed by atoms with Gasteiger partial charge in [-0.15, -0.1) is 0 Å². The molecule has 0 amide bonds. The third-order valence-corrected chi connectivity index (χ3v) is 3.40. The summed E-state index contributed by atoms with van der Waals surface area (Å²) in [6, 6.07) is 5.19. The lowest BCUT2D eigenvalue weighted by Gasteiger charge is -2.21. The molecule has 0 saturated carbocycles. The van der Waals surface area contributed by atoms with Crippen LogP contribution in [0, 0.1) is 10.1 Å². The van der Waals surface area contributed by atoms with Crippen LogP contribution in [0.1, 0.15) is 25.3 Å². The van der Waals surface area contributed by atoms with Crippen molar-refractivity contribution in [2.45, 2.75) is 32.4 Å². The van der Waals surface area contributed by atoms with E-state index in [4.69, 9.17) is 5.73 Å². The zero-order valence-electron chi connectivity index (χ0n) is 9.93. The normalized spacial score (nSPS) is 20.6. The minimum absolute atomic E-state index is 0.112. The molecule has 92 valence electrons. The van der Waals surface area contributed by atoms with E-state index < -0.39 is 0 Å². The van der Waals surface area contributed by atoms with Crippen LogP contribution in [0.2, 0.25) is 0 Å². The molecule has 1 heterocycles. The van der Waals surface area contributed by atoms with Crippen molar-refractivity contribution in [1.82, 2.24) is 4.90 Å². The van der Waals surface area contributed by atoms with Gasteiger partial charge < -0.3 is 5.73 Å². The highest BCUT2D eigenvalue weighted by Crippen LogP contribution is 2.25. The maximum Gasteiger partial charge on any atom is 0.269 e. The van der Waals surface area contributed by atoms with E-state index in [0.717, 1.165) is 12.1 Å². The van der Waals surface area contributed by atoms with E-state index in [0.29, 0.717) is 18.3 Å². The topological polar surface area (TPSA) is 72.4 Å². The highest BCUT2D eigenvalue weighted by atomic mass is 16.6. The summed E-state index contributed by atoms with van der Waals surface area (Å²) in [5, 5.41) is 10.7. The van der Waals surface area contributed by atoms with Crippen molar-refractivity contribution in [2.24, 2.45) is 0 Å². The summed E-state index contributed by atoms with van der Waals surface area (Å²) >= 11 is 0. The monoisotopic (exact) mass is 235 g/mol. The summed E-state index contributed by atoms with van der Waals surface area (Å²) in [6.45, 7) is 3.93. The molecule has 0 spiro atoms. The van der Waals surface area contributed by atoms with Crippen LogP contribution < -0.4 is 5.73 Å². The third-order valence-electron chi connectivity index (χ3n) is 3.40. The first-order chi connectivity index (χ1) is 8.08. The summed E-state index contributed by atoms with van der Waals surface area (Å²) in [6.07, 6.45) is 2.38. The largest absolute Gasteiger partial charge is 0.398 e. The molecule has 0 bridgehead atoms. The number of likely N-dealkylation sites (tertiary alicyclic amines) is 1. The van der Waals surface area contributed by atoms with Gasteiger partial charge in [0.1, 0.15) is 0 Å². The Balaban J connectivity index is 2.19. The molecular weight excluding hydrogens is 218 g/mol. The molecule has 1 atom stereocenters. The minimum Gasteiger partial charge on any atom is -0.398 e. The zero-order chi connectivity index (χ0) is 12.4. The first-order valence-electron chi connectivity index (χ1n) is 5.85. The van der Waals surface area contributed by atoms with E-state index in [1.54, 1.807) is 12.1 Å². The average Bonchev–Trinajstić information content (AvgIpc) is 2.67. The first kappa shape index (κ1) is 11.9. The SMILES string of the molecule is CC1CCCN1Cc1cc([N+](=O)[O-])ccc1N. The van der Waals surface area contributed by atoms with E-state index in [1.165, 1.54) is 18.9 Å². The van der Waals surface area contributed by atoms with Crippen LogP contribution in [0.25, 0.3) is 0 Å². The summed E-state index contributed by atoms with van der Waals surface area (Å²) in [5.74, 6) is 0. The second-order valence-electron chi connectivity index (χ2n) is 4.60. The summed E-state index contributed by atoms with van der Waals surface area (Å²) in [4.78, 5) is 12.7. The van der Waals surface area contributed by atoms with Gasteiger partial charge in [-0.25, -0.2) is 0 Å². The molecule has 1 aliphatic rings. The molecule has 1 unspecified atom stereocenters. The number of hydrogen-bond acceptors (Lipinski definition) is 4. The number of non-ortho nitro benzene ring substituents is 1. The number of nitrogens with zero attached hydrogens (tertiary/aromatic N) is 2. The van der Waals surface area contributed by atoms with E-state index in [2.05, 4.69) is 11.8 Å². The van der Waals surface area contributed by atoms with Crippen LogP contribution in [0.4, 0.5) is 11.4 Å². The molecule has 0 aliphatic carbocycles. The molecule has 1 fully saturated rings. The van der Waals surface area contributed by atoms with Gasteiger partial charge in [0.05, 0.1) is 4.92 Å². The van der Waals surface area contributed by atoms with E-state index in [9.17, 15) is 10.1 Å². The number of benzene rings is 1. The highest BCUT2D eigenvalue weighted by Gasteiger charge is 2.21. The fraction of sp³-hybridized carbons (Fsp3) is 0.500. The van der Waals surface area contributed by atoms with Gasteiger partial charge in [0.15, 0.2) is 0 Å². The van der Waals surface area contributed by atoms with Crippen LogP contribution in [0.15, 0.2) is 18.2 Å². The van der Waals surface area contributed by atoms with Crippen LogP contribution in [0.5, 0.6) is 0 Å². The number of anilines is 1. The van der Waals surface area contributed by atoms with Gasteiger partial charge in [-0.2, -0.15) is 0 Å². The van der Waals surface area contributed by atoms with Gasteiger partial charge in [0.25, 0.3) is 5.69 Å². The fourth-order valence-corrected chi connectivity index (χ4v) is 2.29. The second kappa shape index (κ2) is 4.71. The van der Waals surface area contributed by atoms with Crippen LogP contribution in [0.3, 0.4) is 0 Å². The van der Waals surface area contributed by atoms with Gasteiger partial charge in [-0.3, -0.25) is 15.0 Å². The predicted octanol–water partition coefficient (Wildman–Crippen LogP) is 2.16. The molecule has 0 aromatic heterocycles. The maximum absolute atomic E-state index is 10.7. The molecule has 1 saturated heterocycles. The van der Waals surface area contributed by atoms with Crippen LogP contribution >= 0.6 is 0 Å². The molecule has 5 heteroatoms. The Labute approximate surface area is 100 Å². The van der Waals surface area contributed by atoms with Gasteiger partial charge in [-0.1, -0.05) is 0 Å². The summed E-state index contributed by atoms with van der Waals surface area (Å²) in [7, 11) is 0. The smallest absolute Gasteiger partial charge is 0.269 e. The highest BCUT2D eigenvalue weighted by molar-refractivity contribution is 5.52. The number of rotatable bonds is 3. The van der Waals surface area contributed by atoms with Gasteiger partial charge in [0, 0.05) is 30.4 Å². The molecule has 1 aromatic rings. The van der Waals surface area contributed by atoms with Crippen molar-refractivity contribution in [2.75, 3.05) is 12.3 Å². The van der Waals surface area contributed by atoms with Crippen molar-refractivity contribution in [3.63, 3.8) is 0 Å². The zero-order valence-corrected chi connectivity index (χ0v) is 9.93. The fourth-order valence-electron chi connectivity index (χ4n) is 2.29. The first-order valence-corrected chi connectivity index (χ1v) is 5.85. The van der Waals surface area contributed by atoms with Crippen LogP contribution in [-0.2, 0) is 6.54 Å². The molecular formula is C12H17N3O2. The van der Waals surface area contributed by atoms with Crippen LogP contribution in [-0.4, -0.2) is 22.4 Å². The average molecular weight is 235 g/mol. The molecule has 0 radical (unpaired) electrons. The Morgan fingerprint density at radius 2 is 2.35 bits per heavy atom. The Hall–Kier alpha value is -1.62. The summed E-state index contributed by atoms with van der Waals surface area (Å²) < 4.78 is 0. The second-order valence-corrected chi connectivity index (χ2v) is 4.60. The lowest BCUT2D eigenvalue weighted by atomic mass is 10.1. The van der Waals surface area contributed by atoms with E-state index in [-0.39, 0.29) is 10.6 Å². The number of nitrogens with two attached hydrogens (primary N) is 1. The molecule has 1 aromatic carbocycles. The third kappa shape index (κ3) is 2.55. The Kier molecular flexibility index (Phi) is 3.28. The van der Waals surface area contributed by atoms with Crippen molar-refractivity contribution >= 4 is 11.4 Å². The quantitative estimate of drug-likeness (QED) is 0.495. The van der Waals surface area contributed by atoms with Crippen molar-refractivity contribution in [3.05, 3.63) is 33.9 Å². The Morgan fingerprint density at radius 3 is 2.94 bits per heavy atom. The lowest BCUT2D eigenvalue weighted by Crippen LogP contribution is -2.26. The van der Waals surface area contributed by atoms with E-state index in [1.807, 2.05) is 0 Å². The number of nitro groups is 1.